The van der Waals surface area contributed by atoms with E-state index in [-0.39, 0.29) is 0 Å². The molecule has 5 heteroatoms. The molecule has 5 nitrogen and oxygen atoms in total. The number of rotatable bonds is 5. The van der Waals surface area contributed by atoms with Crippen molar-refractivity contribution in [1.82, 2.24) is 9.97 Å². The van der Waals surface area contributed by atoms with E-state index in [9.17, 15) is 0 Å². The van der Waals surface area contributed by atoms with Gasteiger partial charge >= 0.3 is 0 Å². The number of hydrogen-bond donors (Lipinski definition) is 1. The minimum absolute atomic E-state index is 0.295. The van der Waals surface area contributed by atoms with Gasteiger partial charge in [-0.15, -0.1) is 0 Å². The van der Waals surface area contributed by atoms with Crippen LogP contribution in [0, 0.1) is 5.92 Å². The Morgan fingerprint density at radius 1 is 1.15 bits per heavy atom. The summed E-state index contributed by atoms with van der Waals surface area (Å²) in [6.45, 7) is 6.14. The van der Waals surface area contributed by atoms with E-state index in [1.165, 1.54) is 12.8 Å². The third-order valence-corrected chi connectivity index (χ3v) is 5.26. The average molecular weight is 352 g/mol. The van der Waals surface area contributed by atoms with Crippen molar-refractivity contribution in [3.63, 3.8) is 0 Å². The molecule has 0 bridgehead atoms. The van der Waals surface area contributed by atoms with Crippen LogP contribution >= 0.6 is 0 Å². The quantitative estimate of drug-likeness (QED) is 0.882. The van der Waals surface area contributed by atoms with Crippen molar-refractivity contribution in [1.29, 1.82) is 0 Å². The minimum Gasteiger partial charge on any atom is -0.376 e. The lowest BCUT2D eigenvalue weighted by Crippen LogP contribution is -2.35. The molecule has 1 aromatic carbocycles. The Labute approximate surface area is 155 Å². The van der Waals surface area contributed by atoms with Crippen molar-refractivity contribution < 1.29 is 4.74 Å². The fourth-order valence-corrected chi connectivity index (χ4v) is 3.82. The molecule has 138 valence electrons. The number of nitrogens with zero attached hydrogens (tertiary/aromatic N) is 3. The molecule has 2 aliphatic heterocycles. The Bertz CT molecular complexity index is 715. The van der Waals surface area contributed by atoms with Crippen LogP contribution in [-0.4, -0.2) is 42.3 Å². The van der Waals surface area contributed by atoms with Crippen LogP contribution in [0.25, 0.3) is 11.4 Å². The maximum atomic E-state index is 5.73. The van der Waals surface area contributed by atoms with Crippen molar-refractivity contribution in [2.24, 2.45) is 5.92 Å². The summed E-state index contributed by atoms with van der Waals surface area (Å²) in [5.74, 6) is 3.42. The molecule has 2 aliphatic rings. The first-order valence-corrected chi connectivity index (χ1v) is 9.83. The molecule has 2 unspecified atom stereocenters. The summed E-state index contributed by atoms with van der Waals surface area (Å²) in [5, 5.41) is 3.48. The Morgan fingerprint density at radius 2 is 2.04 bits per heavy atom. The van der Waals surface area contributed by atoms with Gasteiger partial charge in [-0.3, -0.25) is 0 Å². The molecule has 3 heterocycles. The second-order valence-electron chi connectivity index (χ2n) is 7.51. The minimum atomic E-state index is 0.295. The van der Waals surface area contributed by atoms with Gasteiger partial charge in [-0.25, -0.2) is 9.97 Å². The number of benzene rings is 1. The normalized spacial score (nSPS) is 23.2. The smallest absolute Gasteiger partial charge is 0.163 e. The summed E-state index contributed by atoms with van der Waals surface area (Å²) in [6.07, 6.45) is 5.10. The largest absolute Gasteiger partial charge is 0.376 e. The van der Waals surface area contributed by atoms with Crippen LogP contribution in [0.3, 0.4) is 0 Å². The Morgan fingerprint density at radius 3 is 2.81 bits per heavy atom. The first kappa shape index (κ1) is 17.3. The summed E-state index contributed by atoms with van der Waals surface area (Å²) in [6, 6.07) is 12.3. The van der Waals surface area contributed by atoms with E-state index >= 15 is 0 Å². The summed E-state index contributed by atoms with van der Waals surface area (Å²) < 4.78 is 5.73. The highest BCUT2D eigenvalue weighted by Gasteiger charge is 2.20. The van der Waals surface area contributed by atoms with Gasteiger partial charge < -0.3 is 15.0 Å². The lowest BCUT2D eigenvalue weighted by molar-refractivity contribution is 0.120. The fourth-order valence-electron chi connectivity index (χ4n) is 3.82. The number of nitrogens with one attached hydrogen (secondary N) is 1. The van der Waals surface area contributed by atoms with Gasteiger partial charge in [0.1, 0.15) is 11.6 Å². The van der Waals surface area contributed by atoms with Gasteiger partial charge in [-0.05, 0) is 31.6 Å². The Kier molecular flexibility index (Phi) is 5.34. The van der Waals surface area contributed by atoms with Gasteiger partial charge in [0.15, 0.2) is 5.82 Å². The Balaban J connectivity index is 1.60. The number of piperidine rings is 1. The predicted octanol–water partition coefficient (Wildman–Crippen LogP) is 3.97. The monoisotopic (exact) mass is 352 g/mol. The summed E-state index contributed by atoms with van der Waals surface area (Å²) in [4.78, 5) is 12.1. The second-order valence-corrected chi connectivity index (χ2v) is 7.51. The molecular formula is C21H28N4O. The van der Waals surface area contributed by atoms with Crippen LogP contribution in [0.15, 0.2) is 36.4 Å². The van der Waals surface area contributed by atoms with Crippen molar-refractivity contribution in [2.75, 3.05) is 36.5 Å². The third-order valence-electron chi connectivity index (χ3n) is 5.26. The van der Waals surface area contributed by atoms with Crippen LogP contribution in [0.5, 0.6) is 0 Å². The average Bonchev–Trinajstić information content (AvgIpc) is 3.20. The van der Waals surface area contributed by atoms with E-state index in [0.717, 1.165) is 62.1 Å². The van der Waals surface area contributed by atoms with E-state index in [1.807, 2.05) is 18.2 Å². The third kappa shape index (κ3) is 4.15. The summed E-state index contributed by atoms with van der Waals surface area (Å²) >= 11 is 0. The molecule has 0 aliphatic carbocycles. The Hall–Kier alpha value is -2.14. The maximum Gasteiger partial charge on any atom is 0.163 e. The molecule has 0 radical (unpaired) electrons. The van der Waals surface area contributed by atoms with E-state index in [1.54, 1.807) is 0 Å². The zero-order valence-corrected chi connectivity index (χ0v) is 15.5. The highest BCUT2D eigenvalue weighted by Crippen LogP contribution is 2.26. The summed E-state index contributed by atoms with van der Waals surface area (Å²) in [7, 11) is 0. The highest BCUT2D eigenvalue weighted by atomic mass is 16.5. The van der Waals surface area contributed by atoms with Crippen LogP contribution < -0.4 is 10.2 Å². The molecule has 1 N–H and O–H groups in total. The zero-order valence-electron chi connectivity index (χ0n) is 15.5. The second kappa shape index (κ2) is 8.04. The van der Waals surface area contributed by atoms with Crippen molar-refractivity contribution in [3.8, 4) is 11.4 Å². The molecule has 2 atom stereocenters. The lowest BCUT2D eigenvalue weighted by atomic mass is 10.0. The molecule has 2 fully saturated rings. The van der Waals surface area contributed by atoms with Gasteiger partial charge in [0.05, 0.1) is 6.10 Å². The summed E-state index contributed by atoms with van der Waals surface area (Å²) in [5.41, 5.74) is 1.06. The SMILES string of the molecule is CC1CCCN(c2cc(NCC3CCCO3)nc(-c3ccccc3)n2)C1. The highest BCUT2D eigenvalue weighted by molar-refractivity contribution is 5.61. The van der Waals surface area contributed by atoms with E-state index in [4.69, 9.17) is 14.7 Å². The molecule has 4 rings (SSSR count). The molecule has 26 heavy (non-hydrogen) atoms. The fraction of sp³-hybridized carbons (Fsp3) is 0.524. The first-order chi connectivity index (χ1) is 12.8. The molecule has 2 aromatic rings. The first-order valence-electron chi connectivity index (χ1n) is 9.83. The van der Waals surface area contributed by atoms with Crippen LogP contribution in [0.4, 0.5) is 11.6 Å². The van der Waals surface area contributed by atoms with Crippen molar-refractivity contribution in [3.05, 3.63) is 36.4 Å². The van der Waals surface area contributed by atoms with Crippen molar-refractivity contribution >= 4 is 11.6 Å². The number of anilines is 2. The van der Waals surface area contributed by atoms with Gasteiger partial charge in [0, 0.05) is 37.9 Å². The molecule has 1 aromatic heterocycles. The molecule has 0 saturated carbocycles. The van der Waals surface area contributed by atoms with E-state index in [0.29, 0.717) is 12.0 Å². The van der Waals surface area contributed by atoms with Gasteiger partial charge in [0.25, 0.3) is 0 Å². The van der Waals surface area contributed by atoms with Gasteiger partial charge in [-0.1, -0.05) is 37.3 Å². The van der Waals surface area contributed by atoms with Crippen LogP contribution in [0.1, 0.15) is 32.6 Å². The lowest BCUT2D eigenvalue weighted by Gasteiger charge is -2.32. The standard InChI is InChI=1S/C21H28N4O/c1-16-7-5-11-25(15-16)20-13-19(22-14-18-10-6-12-26-18)23-21(24-20)17-8-3-2-4-9-17/h2-4,8-9,13,16,18H,5-7,10-12,14-15H2,1H3,(H,22,23,24). The molecular weight excluding hydrogens is 324 g/mol. The zero-order chi connectivity index (χ0) is 17.8. The van der Waals surface area contributed by atoms with E-state index < -0.39 is 0 Å². The van der Waals surface area contributed by atoms with Crippen molar-refractivity contribution in [2.45, 2.75) is 38.7 Å². The molecule has 0 spiro atoms. The number of ether oxygens (including phenoxy) is 1. The number of aromatic nitrogens is 2. The van der Waals surface area contributed by atoms with Crippen LogP contribution in [0.2, 0.25) is 0 Å². The maximum absolute atomic E-state index is 5.73. The van der Waals surface area contributed by atoms with Gasteiger partial charge in [-0.2, -0.15) is 0 Å². The number of hydrogen-bond acceptors (Lipinski definition) is 5. The topological polar surface area (TPSA) is 50.3 Å². The van der Waals surface area contributed by atoms with Gasteiger partial charge in [0.2, 0.25) is 0 Å². The molecule has 0 amide bonds. The predicted molar refractivity (Wildman–Crippen MR) is 106 cm³/mol. The molecule has 2 saturated heterocycles. The van der Waals surface area contributed by atoms with E-state index in [2.05, 4.69) is 35.3 Å². The van der Waals surface area contributed by atoms with Crippen LogP contribution in [-0.2, 0) is 4.74 Å².